The molecule has 7 heteroatoms. The number of nitrogens with one attached hydrogen (secondary N) is 1. The lowest BCUT2D eigenvalue weighted by Crippen LogP contribution is -2.18. The fourth-order valence-corrected chi connectivity index (χ4v) is 3.82. The van der Waals surface area contributed by atoms with Gasteiger partial charge >= 0.3 is 11.7 Å². The molecular formula is C13H14N2O3S2. The number of nitrogens with zero attached hydrogens (tertiary/aromatic N) is 1. The summed E-state index contributed by atoms with van der Waals surface area (Å²) in [5, 5.41) is 9.47. The third kappa shape index (κ3) is 3.29. The molecule has 0 bridgehead atoms. The lowest BCUT2D eigenvalue weighted by atomic mass is 10.2. The summed E-state index contributed by atoms with van der Waals surface area (Å²) in [6.45, 7) is 3.66. The first-order valence-electron chi connectivity index (χ1n) is 6.06. The second-order valence-corrected chi connectivity index (χ2v) is 6.38. The van der Waals surface area contributed by atoms with Crippen molar-refractivity contribution in [1.29, 1.82) is 0 Å². The minimum atomic E-state index is -1.07. The van der Waals surface area contributed by atoms with Crippen LogP contribution in [0.3, 0.4) is 0 Å². The number of aromatic carboxylic acids is 1. The predicted molar refractivity (Wildman–Crippen MR) is 79.8 cm³/mol. The first kappa shape index (κ1) is 14.8. The summed E-state index contributed by atoms with van der Waals surface area (Å²) in [5.41, 5.74) is -0.113. The molecule has 106 valence electrons. The number of carboxylic acid groups (broad SMARTS) is 1. The molecule has 2 rings (SSSR count). The fraction of sp³-hybridized carbons (Fsp3) is 0.308. The largest absolute Gasteiger partial charge is 0.478 e. The molecule has 0 unspecified atom stereocenters. The van der Waals surface area contributed by atoms with E-state index in [-0.39, 0.29) is 10.6 Å². The summed E-state index contributed by atoms with van der Waals surface area (Å²) >= 11 is 2.97. The summed E-state index contributed by atoms with van der Waals surface area (Å²) < 4.78 is 0. The van der Waals surface area contributed by atoms with E-state index in [9.17, 15) is 14.7 Å². The van der Waals surface area contributed by atoms with Gasteiger partial charge in [-0.25, -0.2) is 9.59 Å². The molecule has 2 aromatic heterocycles. The average Bonchev–Trinajstić information content (AvgIpc) is 2.82. The summed E-state index contributed by atoms with van der Waals surface area (Å²) in [7, 11) is 0. The fourth-order valence-electron chi connectivity index (χ4n) is 1.75. The number of aromatic amines is 1. The average molecular weight is 310 g/mol. The van der Waals surface area contributed by atoms with E-state index in [1.165, 1.54) is 16.6 Å². The van der Waals surface area contributed by atoms with Crippen LogP contribution in [0.15, 0.2) is 22.0 Å². The van der Waals surface area contributed by atoms with Crippen LogP contribution in [-0.4, -0.2) is 21.0 Å². The number of hydrogen-bond donors (Lipinski definition) is 2. The molecule has 2 aromatic rings. The van der Waals surface area contributed by atoms with Crippen LogP contribution in [-0.2, 0) is 12.2 Å². The molecule has 2 heterocycles. The number of aromatic nitrogens is 2. The molecule has 0 fully saturated rings. The summed E-state index contributed by atoms with van der Waals surface area (Å²) in [5.74, 6) is -0.463. The van der Waals surface area contributed by atoms with Gasteiger partial charge < -0.3 is 10.1 Å². The molecule has 20 heavy (non-hydrogen) atoms. The molecule has 0 aliphatic carbocycles. The zero-order valence-corrected chi connectivity index (χ0v) is 12.7. The highest BCUT2D eigenvalue weighted by molar-refractivity contribution is 7.98. The summed E-state index contributed by atoms with van der Waals surface area (Å²) in [4.78, 5) is 31.2. The predicted octanol–water partition coefficient (Wildman–Crippen LogP) is 2.69. The van der Waals surface area contributed by atoms with Gasteiger partial charge in [-0.2, -0.15) is 4.98 Å². The van der Waals surface area contributed by atoms with Gasteiger partial charge in [0.15, 0.2) is 0 Å². The van der Waals surface area contributed by atoms with Crippen LogP contribution < -0.4 is 5.69 Å². The van der Waals surface area contributed by atoms with Gasteiger partial charge in [0.1, 0.15) is 10.6 Å². The van der Waals surface area contributed by atoms with E-state index in [0.29, 0.717) is 11.4 Å². The molecular weight excluding hydrogens is 296 g/mol. The van der Waals surface area contributed by atoms with Crippen LogP contribution in [0.2, 0.25) is 0 Å². The Morgan fingerprint density at radius 1 is 1.45 bits per heavy atom. The molecule has 0 aliphatic rings. The van der Waals surface area contributed by atoms with Crippen molar-refractivity contribution in [1.82, 2.24) is 9.97 Å². The van der Waals surface area contributed by atoms with Crippen LogP contribution >= 0.6 is 23.1 Å². The van der Waals surface area contributed by atoms with Gasteiger partial charge in [-0.05, 0) is 25.5 Å². The zero-order chi connectivity index (χ0) is 14.7. The molecule has 5 nitrogen and oxygen atoms in total. The van der Waals surface area contributed by atoms with Crippen LogP contribution in [0, 0.1) is 6.92 Å². The molecule has 2 N–H and O–H groups in total. The zero-order valence-electron chi connectivity index (χ0n) is 11.1. The maximum atomic E-state index is 11.4. The molecule has 0 saturated carbocycles. The quantitative estimate of drug-likeness (QED) is 0.655. The number of H-pyrrole nitrogens is 1. The number of carbonyl (C=O) groups is 1. The van der Waals surface area contributed by atoms with E-state index in [0.717, 1.165) is 11.3 Å². The van der Waals surface area contributed by atoms with Gasteiger partial charge in [0.25, 0.3) is 0 Å². The lowest BCUT2D eigenvalue weighted by Gasteiger charge is -2.06. The van der Waals surface area contributed by atoms with Gasteiger partial charge in [-0.1, -0.05) is 18.7 Å². The van der Waals surface area contributed by atoms with Crippen LogP contribution in [0.1, 0.15) is 32.7 Å². The van der Waals surface area contributed by atoms with E-state index in [1.54, 1.807) is 18.3 Å². The Bertz CT molecular complexity index is 691. The van der Waals surface area contributed by atoms with Gasteiger partial charge in [-0.3, -0.25) is 0 Å². The molecule has 0 radical (unpaired) electrons. The van der Waals surface area contributed by atoms with Crippen molar-refractivity contribution < 1.29 is 9.90 Å². The van der Waals surface area contributed by atoms with Crippen LogP contribution in [0.25, 0.3) is 0 Å². The SMILES string of the molecule is CCc1ccc(CSc2nc(=O)[nH]c(C)c2C(=O)O)s1. The minimum Gasteiger partial charge on any atom is -0.478 e. The van der Waals surface area contributed by atoms with E-state index in [1.807, 2.05) is 6.07 Å². The Morgan fingerprint density at radius 3 is 2.75 bits per heavy atom. The van der Waals surface area contributed by atoms with Gasteiger partial charge in [0.05, 0.1) is 0 Å². The van der Waals surface area contributed by atoms with E-state index >= 15 is 0 Å². The highest BCUT2D eigenvalue weighted by Crippen LogP contribution is 2.28. The van der Waals surface area contributed by atoms with Gasteiger partial charge in [0, 0.05) is 21.2 Å². The van der Waals surface area contributed by atoms with E-state index in [4.69, 9.17) is 0 Å². The summed E-state index contributed by atoms with van der Waals surface area (Å²) in [6, 6.07) is 4.09. The topological polar surface area (TPSA) is 83.0 Å². The van der Waals surface area contributed by atoms with Crippen LogP contribution in [0.5, 0.6) is 0 Å². The highest BCUT2D eigenvalue weighted by atomic mass is 32.2. The number of aryl methyl sites for hydroxylation is 2. The molecule has 0 spiro atoms. The van der Waals surface area contributed by atoms with Crippen molar-refractivity contribution in [3.63, 3.8) is 0 Å². The first-order valence-corrected chi connectivity index (χ1v) is 7.86. The number of hydrogen-bond acceptors (Lipinski definition) is 5. The normalized spacial score (nSPS) is 10.7. The number of carboxylic acids is 1. The Morgan fingerprint density at radius 2 is 2.15 bits per heavy atom. The molecule has 0 atom stereocenters. The Balaban J connectivity index is 2.24. The third-order valence-corrected chi connectivity index (χ3v) is 5.15. The van der Waals surface area contributed by atoms with Crippen molar-refractivity contribution in [2.45, 2.75) is 31.0 Å². The first-order chi connectivity index (χ1) is 9.51. The monoisotopic (exact) mass is 310 g/mol. The molecule has 0 saturated heterocycles. The van der Waals surface area contributed by atoms with Crippen molar-refractivity contribution in [2.24, 2.45) is 0 Å². The second kappa shape index (κ2) is 6.23. The van der Waals surface area contributed by atoms with Crippen molar-refractivity contribution in [2.75, 3.05) is 0 Å². The molecule has 0 aromatic carbocycles. The van der Waals surface area contributed by atoms with Crippen molar-refractivity contribution in [3.8, 4) is 0 Å². The van der Waals surface area contributed by atoms with Crippen molar-refractivity contribution >= 4 is 29.1 Å². The Hall–Kier alpha value is -1.60. The van der Waals surface area contributed by atoms with E-state index in [2.05, 4.69) is 23.0 Å². The maximum absolute atomic E-state index is 11.4. The Kier molecular flexibility index (Phi) is 4.61. The van der Waals surface area contributed by atoms with E-state index < -0.39 is 11.7 Å². The molecule has 0 amide bonds. The van der Waals surface area contributed by atoms with Crippen molar-refractivity contribution in [3.05, 3.63) is 43.6 Å². The third-order valence-electron chi connectivity index (χ3n) is 2.72. The number of thiophene rings is 1. The molecule has 0 aliphatic heterocycles. The number of thioether (sulfide) groups is 1. The van der Waals surface area contributed by atoms with Gasteiger partial charge in [-0.15, -0.1) is 11.3 Å². The maximum Gasteiger partial charge on any atom is 0.346 e. The number of rotatable bonds is 5. The highest BCUT2D eigenvalue weighted by Gasteiger charge is 2.17. The van der Waals surface area contributed by atoms with Gasteiger partial charge in [0.2, 0.25) is 0 Å². The standard InChI is InChI=1S/C13H14N2O3S2/c1-3-8-4-5-9(20-8)6-19-11-10(12(16)17)7(2)14-13(18)15-11/h4-5H,3,6H2,1-2H3,(H,16,17)(H,14,15,18). The smallest absolute Gasteiger partial charge is 0.346 e. The second-order valence-electron chi connectivity index (χ2n) is 4.16. The summed E-state index contributed by atoms with van der Waals surface area (Å²) in [6.07, 6.45) is 0.984. The Labute approximate surface area is 124 Å². The lowest BCUT2D eigenvalue weighted by molar-refractivity contribution is 0.0690. The minimum absolute atomic E-state index is 0.0712. The van der Waals surface area contributed by atoms with Crippen LogP contribution in [0.4, 0.5) is 0 Å².